The third kappa shape index (κ3) is 5.07. The third-order valence-electron chi connectivity index (χ3n) is 4.21. The maximum Gasteiger partial charge on any atom is 0.261 e. The van der Waals surface area contributed by atoms with Gasteiger partial charge in [-0.05, 0) is 61.7 Å². The average molecular weight is 405 g/mol. The van der Waals surface area contributed by atoms with Crippen molar-refractivity contribution in [1.29, 1.82) is 0 Å². The number of rotatable bonds is 7. The molecule has 0 saturated heterocycles. The van der Waals surface area contributed by atoms with Gasteiger partial charge in [0.05, 0.1) is 11.4 Å². The summed E-state index contributed by atoms with van der Waals surface area (Å²) in [6, 6.07) is 9.19. The molecule has 0 heterocycles. The Morgan fingerprint density at radius 2 is 1.79 bits per heavy atom. The van der Waals surface area contributed by atoms with Crippen LogP contribution in [0.25, 0.3) is 0 Å². The summed E-state index contributed by atoms with van der Waals surface area (Å²) in [6.07, 6.45) is 1.89. The Balaban J connectivity index is 1.72. The smallest absolute Gasteiger partial charge is 0.261 e. The monoisotopic (exact) mass is 405 g/mol. The van der Waals surface area contributed by atoms with Gasteiger partial charge in [0.1, 0.15) is 5.82 Å². The van der Waals surface area contributed by atoms with E-state index < -0.39 is 21.7 Å². The largest absolute Gasteiger partial charge is 0.352 e. The molecule has 0 spiro atoms. The van der Waals surface area contributed by atoms with E-state index in [-0.39, 0.29) is 34.6 Å². The fourth-order valence-corrected chi connectivity index (χ4v) is 3.59. The summed E-state index contributed by atoms with van der Waals surface area (Å²) in [5.41, 5.74) is 0.923. The molecule has 1 aliphatic carbocycles. The predicted octanol–water partition coefficient (Wildman–Crippen LogP) is 1.94. The van der Waals surface area contributed by atoms with Crippen molar-refractivity contribution in [3.05, 3.63) is 59.4 Å². The highest BCUT2D eigenvalue weighted by molar-refractivity contribution is 7.92. The molecule has 1 fully saturated rings. The summed E-state index contributed by atoms with van der Waals surface area (Å²) >= 11 is 0. The minimum Gasteiger partial charge on any atom is -0.352 e. The van der Waals surface area contributed by atoms with Crippen LogP contribution in [0.1, 0.15) is 28.8 Å². The number of anilines is 1. The fraction of sp³-hybridized carbons (Fsp3) is 0.263. The Kier molecular flexibility index (Phi) is 5.64. The Morgan fingerprint density at radius 1 is 1.11 bits per heavy atom. The van der Waals surface area contributed by atoms with Crippen LogP contribution in [0.2, 0.25) is 0 Å². The van der Waals surface area contributed by atoms with Crippen LogP contribution < -0.4 is 15.4 Å². The summed E-state index contributed by atoms with van der Waals surface area (Å²) in [4.78, 5) is 24.0. The van der Waals surface area contributed by atoms with Gasteiger partial charge in [0.2, 0.25) is 5.91 Å². The lowest BCUT2D eigenvalue weighted by Crippen LogP contribution is -2.38. The van der Waals surface area contributed by atoms with E-state index in [1.54, 1.807) is 6.92 Å². The lowest BCUT2D eigenvalue weighted by atomic mass is 10.1. The van der Waals surface area contributed by atoms with E-state index in [1.165, 1.54) is 30.3 Å². The van der Waals surface area contributed by atoms with Crippen LogP contribution in [-0.2, 0) is 14.8 Å². The van der Waals surface area contributed by atoms with Gasteiger partial charge in [-0.1, -0.05) is 6.07 Å². The van der Waals surface area contributed by atoms with Gasteiger partial charge in [0, 0.05) is 17.3 Å². The molecule has 0 unspecified atom stereocenters. The second-order valence-corrected chi connectivity index (χ2v) is 8.30. The van der Waals surface area contributed by atoms with Gasteiger partial charge in [-0.2, -0.15) is 0 Å². The van der Waals surface area contributed by atoms with Crippen LogP contribution in [0.15, 0.2) is 47.4 Å². The molecule has 0 aromatic heterocycles. The number of carbonyl (C=O) groups excluding carboxylic acids is 2. The minimum atomic E-state index is -3.97. The number of amides is 2. The Labute approximate surface area is 162 Å². The molecule has 0 bridgehead atoms. The Bertz CT molecular complexity index is 1000. The number of halogens is 1. The molecule has 9 heteroatoms. The SMILES string of the molecule is Cc1ccc(S(=O)(=O)Nc2ccc(F)cc2)cc1C(=O)NCC(=O)NC1CC1. The highest BCUT2D eigenvalue weighted by Gasteiger charge is 2.23. The first-order valence-electron chi connectivity index (χ1n) is 8.71. The second-order valence-electron chi connectivity index (χ2n) is 6.61. The van der Waals surface area contributed by atoms with Crippen molar-refractivity contribution in [2.45, 2.75) is 30.7 Å². The number of nitrogens with one attached hydrogen (secondary N) is 3. The summed E-state index contributed by atoms with van der Waals surface area (Å²) < 4.78 is 40.4. The first-order chi connectivity index (χ1) is 13.2. The van der Waals surface area contributed by atoms with E-state index in [9.17, 15) is 22.4 Å². The number of sulfonamides is 1. The van der Waals surface area contributed by atoms with Crippen LogP contribution >= 0.6 is 0 Å². The van der Waals surface area contributed by atoms with Crippen molar-refractivity contribution < 1.29 is 22.4 Å². The lowest BCUT2D eigenvalue weighted by Gasteiger charge is -2.12. The molecule has 3 N–H and O–H groups in total. The van der Waals surface area contributed by atoms with Crippen LogP contribution in [0.3, 0.4) is 0 Å². The van der Waals surface area contributed by atoms with Gasteiger partial charge in [-0.3, -0.25) is 14.3 Å². The molecule has 2 aromatic rings. The normalized spacial score (nSPS) is 13.6. The number of hydrogen-bond donors (Lipinski definition) is 3. The highest BCUT2D eigenvalue weighted by Crippen LogP contribution is 2.20. The number of benzene rings is 2. The molecule has 148 valence electrons. The molecule has 3 rings (SSSR count). The molecule has 0 aliphatic heterocycles. The molecular weight excluding hydrogens is 385 g/mol. The van der Waals surface area contributed by atoms with E-state index in [2.05, 4.69) is 15.4 Å². The van der Waals surface area contributed by atoms with Crippen LogP contribution in [0.5, 0.6) is 0 Å². The van der Waals surface area contributed by atoms with Crippen molar-refractivity contribution >= 4 is 27.5 Å². The van der Waals surface area contributed by atoms with Gasteiger partial charge < -0.3 is 10.6 Å². The van der Waals surface area contributed by atoms with Crippen molar-refractivity contribution in [2.75, 3.05) is 11.3 Å². The number of carbonyl (C=O) groups is 2. The van der Waals surface area contributed by atoms with Crippen molar-refractivity contribution in [3.63, 3.8) is 0 Å². The van der Waals surface area contributed by atoms with E-state index >= 15 is 0 Å². The molecule has 1 saturated carbocycles. The summed E-state index contributed by atoms with van der Waals surface area (Å²) in [5, 5.41) is 5.26. The molecule has 2 amide bonds. The minimum absolute atomic E-state index is 0.116. The van der Waals surface area contributed by atoms with Crippen molar-refractivity contribution in [2.24, 2.45) is 0 Å². The van der Waals surface area contributed by atoms with Crippen LogP contribution in [0.4, 0.5) is 10.1 Å². The molecule has 7 nitrogen and oxygen atoms in total. The van der Waals surface area contributed by atoms with Gasteiger partial charge in [0.15, 0.2) is 0 Å². The lowest BCUT2D eigenvalue weighted by molar-refractivity contribution is -0.120. The standard InChI is InChI=1S/C19H20FN3O4S/c1-12-2-9-16(28(26,27)23-15-5-3-13(20)4-6-15)10-17(12)19(25)21-11-18(24)22-14-7-8-14/h2-6,9-10,14,23H,7-8,11H2,1H3,(H,21,25)(H,22,24). The van der Waals surface area contributed by atoms with Gasteiger partial charge in [-0.25, -0.2) is 12.8 Å². The predicted molar refractivity (Wildman–Crippen MR) is 102 cm³/mol. The van der Waals surface area contributed by atoms with Gasteiger partial charge in [0.25, 0.3) is 15.9 Å². The van der Waals surface area contributed by atoms with E-state index in [1.807, 2.05) is 0 Å². The van der Waals surface area contributed by atoms with Gasteiger partial charge in [-0.15, -0.1) is 0 Å². The zero-order valence-corrected chi connectivity index (χ0v) is 16.0. The Morgan fingerprint density at radius 3 is 2.43 bits per heavy atom. The number of aryl methyl sites for hydroxylation is 1. The fourth-order valence-electron chi connectivity index (χ4n) is 2.51. The molecule has 28 heavy (non-hydrogen) atoms. The molecular formula is C19H20FN3O4S. The number of hydrogen-bond acceptors (Lipinski definition) is 4. The maximum absolute atomic E-state index is 13.0. The van der Waals surface area contributed by atoms with Gasteiger partial charge >= 0.3 is 0 Å². The molecule has 0 atom stereocenters. The van der Waals surface area contributed by atoms with Crippen LogP contribution in [-0.4, -0.2) is 32.8 Å². The van der Waals surface area contributed by atoms with E-state index in [4.69, 9.17) is 0 Å². The first kappa shape index (κ1) is 19.8. The Hall–Kier alpha value is -2.94. The molecule has 1 aliphatic rings. The summed E-state index contributed by atoms with van der Waals surface area (Å²) in [6.45, 7) is 1.49. The third-order valence-corrected chi connectivity index (χ3v) is 5.59. The summed E-state index contributed by atoms with van der Waals surface area (Å²) in [5.74, 6) is -1.31. The molecule has 2 aromatic carbocycles. The molecule has 0 radical (unpaired) electrons. The van der Waals surface area contributed by atoms with E-state index in [0.717, 1.165) is 25.0 Å². The average Bonchev–Trinajstić information content (AvgIpc) is 3.45. The quantitative estimate of drug-likeness (QED) is 0.655. The summed E-state index contributed by atoms with van der Waals surface area (Å²) in [7, 11) is -3.97. The first-order valence-corrected chi connectivity index (χ1v) is 10.2. The topological polar surface area (TPSA) is 104 Å². The zero-order valence-electron chi connectivity index (χ0n) is 15.2. The van der Waals surface area contributed by atoms with Crippen molar-refractivity contribution in [3.8, 4) is 0 Å². The van der Waals surface area contributed by atoms with Crippen LogP contribution in [0, 0.1) is 12.7 Å². The van der Waals surface area contributed by atoms with Crippen molar-refractivity contribution in [1.82, 2.24) is 10.6 Å². The van der Waals surface area contributed by atoms with E-state index in [0.29, 0.717) is 5.56 Å². The zero-order chi connectivity index (χ0) is 20.3. The highest BCUT2D eigenvalue weighted by atomic mass is 32.2. The second kappa shape index (κ2) is 7.97. The maximum atomic E-state index is 13.0.